The molecule has 0 amide bonds. The summed E-state index contributed by atoms with van der Waals surface area (Å²) in [6, 6.07) is 10.5. The van der Waals surface area contributed by atoms with E-state index in [2.05, 4.69) is 33.9 Å². The van der Waals surface area contributed by atoms with Crippen molar-refractivity contribution < 1.29 is 5.11 Å². The van der Waals surface area contributed by atoms with E-state index in [1.165, 1.54) is 0 Å². The number of thioether (sulfide) groups is 1. The molecule has 1 heterocycles. The first-order valence-corrected chi connectivity index (χ1v) is 8.41. The number of aromatic nitrogens is 2. The van der Waals surface area contributed by atoms with Crippen molar-refractivity contribution in [1.82, 2.24) is 14.9 Å². The summed E-state index contributed by atoms with van der Waals surface area (Å²) in [5.41, 5.74) is 2.25. The number of benzene rings is 1. The molecule has 21 heavy (non-hydrogen) atoms. The Kier molecular flexibility index (Phi) is 5.85. The first kappa shape index (κ1) is 16.1. The van der Waals surface area contributed by atoms with Gasteiger partial charge in [0.1, 0.15) is 5.82 Å². The van der Waals surface area contributed by atoms with E-state index in [4.69, 9.17) is 0 Å². The van der Waals surface area contributed by atoms with Crippen molar-refractivity contribution in [2.45, 2.75) is 31.7 Å². The van der Waals surface area contributed by atoms with Crippen LogP contribution in [0.15, 0.2) is 36.5 Å². The van der Waals surface area contributed by atoms with E-state index < -0.39 is 0 Å². The molecule has 2 N–H and O–H groups in total. The van der Waals surface area contributed by atoms with E-state index in [-0.39, 0.29) is 17.9 Å². The van der Waals surface area contributed by atoms with Gasteiger partial charge in [0.15, 0.2) is 0 Å². The Labute approximate surface area is 130 Å². The van der Waals surface area contributed by atoms with Crippen LogP contribution in [0.3, 0.4) is 0 Å². The van der Waals surface area contributed by atoms with Crippen LogP contribution in [0, 0.1) is 6.92 Å². The summed E-state index contributed by atoms with van der Waals surface area (Å²) in [5, 5.41) is 13.0. The molecule has 1 aromatic carbocycles. The number of nitrogens with one attached hydrogen (secondary N) is 1. The van der Waals surface area contributed by atoms with Crippen LogP contribution in [0.2, 0.25) is 0 Å². The summed E-state index contributed by atoms with van der Waals surface area (Å²) < 4.78 is 2.16. The predicted octanol–water partition coefficient (Wildman–Crippen LogP) is 2.38. The summed E-state index contributed by atoms with van der Waals surface area (Å²) in [6.07, 6.45) is 3.94. The second-order valence-corrected chi connectivity index (χ2v) is 6.17. The van der Waals surface area contributed by atoms with E-state index in [9.17, 15) is 5.11 Å². The summed E-state index contributed by atoms with van der Waals surface area (Å²) in [5.74, 6) is 0.981. The average Bonchev–Trinajstić information content (AvgIpc) is 2.88. The molecule has 0 fully saturated rings. The van der Waals surface area contributed by atoms with Gasteiger partial charge in [0, 0.05) is 23.5 Å². The maximum Gasteiger partial charge on any atom is 0.110 e. The highest BCUT2D eigenvalue weighted by Crippen LogP contribution is 2.15. The molecule has 0 aliphatic rings. The molecular weight excluding hydrogens is 282 g/mol. The van der Waals surface area contributed by atoms with Crippen LogP contribution in [-0.4, -0.2) is 38.8 Å². The smallest absolute Gasteiger partial charge is 0.110 e. The topological polar surface area (TPSA) is 50.1 Å². The second-order valence-electron chi connectivity index (χ2n) is 5.09. The van der Waals surface area contributed by atoms with E-state index >= 15 is 0 Å². The number of imidazole rings is 1. The lowest BCUT2D eigenvalue weighted by Crippen LogP contribution is -2.37. The summed E-state index contributed by atoms with van der Waals surface area (Å²) in [6.45, 7) is 5.03. The number of nitrogens with zero attached hydrogens (tertiary/aromatic N) is 2. The van der Waals surface area contributed by atoms with Crippen LogP contribution in [0.25, 0.3) is 5.69 Å². The SMILES string of the molecule is CSC(CO)C(C)NCc1cnc(C)n1-c1ccccc1. The first-order chi connectivity index (χ1) is 10.2. The molecule has 2 atom stereocenters. The standard InChI is InChI=1S/C16H23N3OS/c1-12(16(11-20)21-3)17-9-15-10-18-13(2)19(15)14-7-5-4-6-8-14/h4-8,10,12,16-17,20H,9,11H2,1-3H3. The van der Waals surface area contributed by atoms with Gasteiger partial charge in [-0.25, -0.2) is 4.98 Å². The van der Waals surface area contributed by atoms with Gasteiger partial charge in [-0.2, -0.15) is 11.8 Å². The van der Waals surface area contributed by atoms with Crippen molar-refractivity contribution in [3.8, 4) is 5.69 Å². The molecule has 5 heteroatoms. The van der Waals surface area contributed by atoms with E-state index in [0.717, 1.165) is 23.8 Å². The van der Waals surface area contributed by atoms with Crippen molar-refractivity contribution in [2.24, 2.45) is 0 Å². The second kappa shape index (κ2) is 7.64. The Bertz CT molecular complexity index is 552. The summed E-state index contributed by atoms with van der Waals surface area (Å²) >= 11 is 1.68. The maximum atomic E-state index is 9.35. The fourth-order valence-corrected chi connectivity index (χ4v) is 3.03. The van der Waals surface area contributed by atoms with Gasteiger partial charge in [-0.15, -0.1) is 0 Å². The highest BCUT2D eigenvalue weighted by Gasteiger charge is 2.16. The van der Waals surface area contributed by atoms with Gasteiger partial charge in [0.05, 0.1) is 18.5 Å². The molecule has 0 saturated carbocycles. The Hall–Kier alpha value is -1.30. The zero-order chi connectivity index (χ0) is 15.2. The Morgan fingerprint density at radius 2 is 2.05 bits per heavy atom. The Balaban J connectivity index is 2.12. The van der Waals surface area contributed by atoms with E-state index in [0.29, 0.717) is 0 Å². The normalized spacial score (nSPS) is 14.1. The Morgan fingerprint density at radius 3 is 2.67 bits per heavy atom. The minimum absolute atomic E-state index is 0.187. The van der Waals surface area contributed by atoms with Crippen molar-refractivity contribution in [3.63, 3.8) is 0 Å². The van der Waals surface area contributed by atoms with Crippen LogP contribution < -0.4 is 5.32 Å². The minimum atomic E-state index is 0.187. The van der Waals surface area contributed by atoms with Crippen LogP contribution in [0.5, 0.6) is 0 Å². The monoisotopic (exact) mass is 305 g/mol. The third-order valence-corrected chi connectivity index (χ3v) is 4.83. The third-order valence-electron chi connectivity index (χ3n) is 3.67. The molecular formula is C16H23N3OS. The number of hydrogen-bond donors (Lipinski definition) is 2. The number of para-hydroxylation sites is 1. The molecule has 0 radical (unpaired) electrons. The number of aliphatic hydroxyl groups excluding tert-OH is 1. The van der Waals surface area contributed by atoms with Crippen molar-refractivity contribution in [3.05, 3.63) is 48.0 Å². The highest BCUT2D eigenvalue weighted by molar-refractivity contribution is 7.99. The third kappa shape index (κ3) is 3.87. The van der Waals surface area contributed by atoms with Crippen LogP contribution in [0.4, 0.5) is 0 Å². The fourth-order valence-electron chi connectivity index (χ4n) is 2.38. The van der Waals surface area contributed by atoms with Gasteiger partial charge < -0.3 is 10.4 Å². The molecule has 0 saturated heterocycles. The number of aliphatic hydroxyl groups is 1. The molecule has 0 aliphatic heterocycles. The molecule has 0 aliphatic carbocycles. The summed E-state index contributed by atoms with van der Waals surface area (Å²) in [7, 11) is 0. The van der Waals surface area contributed by atoms with Crippen LogP contribution in [0.1, 0.15) is 18.4 Å². The predicted molar refractivity (Wildman–Crippen MR) is 89.0 cm³/mol. The summed E-state index contributed by atoms with van der Waals surface area (Å²) in [4.78, 5) is 4.42. The van der Waals surface area contributed by atoms with Crippen molar-refractivity contribution in [2.75, 3.05) is 12.9 Å². The lowest BCUT2D eigenvalue weighted by Gasteiger charge is -2.21. The lowest BCUT2D eigenvalue weighted by molar-refractivity contribution is 0.275. The van der Waals surface area contributed by atoms with Crippen LogP contribution in [-0.2, 0) is 6.54 Å². The van der Waals surface area contributed by atoms with Gasteiger partial charge >= 0.3 is 0 Å². The molecule has 2 unspecified atom stereocenters. The van der Waals surface area contributed by atoms with Gasteiger partial charge in [-0.05, 0) is 32.2 Å². The van der Waals surface area contributed by atoms with Gasteiger partial charge in [0.2, 0.25) is 0 Å². The van der Waals surface area contributed by atoms with E-state index in [1.54, 1.807) is 11.8 Å². The molecule has 0 bridgehead atoms. The number of rotatable bonds is 7. The largest absolute Gasteiger partial charge is 0.395 e. The Morgan fingerprint density at radius 1 is 1.33 bits per heavy atom. The van der Waals surface area contributed by atoms with Crippen molar-refractivity contribution in [1.29, 1.82) is 0 Å². The average molecular weight is 305 g/mol. The minimum Gasteiger partial charge on any atom is -0.395 e. The van der Waals surface area contributed by atoms with Crippen molar-refractivity contribution >= 4 is 11.8 Å². The molecule has 2 aromatic rings. The maximum absolute atomic E-state index is 9.35. The molecule has 114 valence electrons. The van der Waals surface area contributed by atoms with Gasteiger partial charge in [0.25, 0.3) is 0 Å². The van der Waals surface area contributed by atoms with Crippen LogP contribution >= 0.6 is 11.8 Å². The van der Waals surface area contributed by atoms with Gasteiger partial charge in [-0.3, -0.25) is 4.57 Å². The lowest BCUT2D eigenvalue weighted by atomic mass is 10.2. The molecule has 1 aromatic heterocycles. The molecule has 0 spiro atoms. The fraction of sp³-hybridized carbons (Fsp3) is 0.438. The molecule has 2 rings (SSSR count). The number of hydrogen-bond acceptors (Lipinski definition) is 4. The highest BCUT2D eigenvalue weighted by atomic mass is 32.2. The quantitative estimate of drug-likeness (QED) is 0.824. The number of aryl methyl sites for hydroxylation is 1. The van der Waals surface area contributed by atoms with E-state index in [1.807, 2.05) is 37.6 Å². The zero-order valence-corrected chi connectivity index (χ0v) is 13.6. The zero-order valence-electron chi connectivity index (χ0n) is 12.8. The first-order valence-electron chi connectivity index (χ1n) is 7.13. The van der Waals surface area contributed by atoms with Gasteiger partial charge in [-0.1, -0.05) is 18.2 Å². The molecule has 4 nitrogen and oxygen atoms in total.